The minimum atomic E-state index is 0.736. The number of thiocarbonyl (C=S) groups is 1. The van der Waals surface area contributed by atoms with Gasteiger partial charge in [-0.05, 0) is 37.5 Å². The Hall–Kier alpha value is -1.29. The molecular formula is C14H19NO2S. The maximum Gasteiger partial charge on any atom is 0.161 e. The highest BCUT2D eigenvalue weighted by Gasteiger charge is 2.19. The Morgan fingerprint density at radius 3 is 2.22 bits per heavy atom. The third kappa shape index (κ3) is 2.43. The molecule has 3 nitrogen and oxygen atoms in total. The molecule has 0 saturated carbocycles. The molecule has 0 unspecified atom stereocenters. The lowest BCUT2D eigenvalue weighted by molar-refractivity contribution is 0.354. The van der Waals surface area contributed by atoms with Crippen molar-refractivity contribution in [3.63, 3.8) is 0 Å². The summed E-state index contributed by atoms with van der Waals surface area (Å²) in [6, 6.07) is 3.96. The molecule has 1 heterocycles. The first-order chi connectivity index (χ1) is 8.67. The quantitative estimate of drug-likeness (QED) is 0.783. The van der Waals surface area contributed by atoms with Crippen LogP contribution in [0.2, 0.25) is 0 Å². The van der Waals surface area contributed by atoms with Crippen molar-refractivity contribution in [2.24, 2.45) is 0 Å². The summed E-state index contributed by atoms with van der Waals surface area (Å²) >= 11 is 5.58. The van der Waals surface area contributed by atoms with Gasteiger partial charge in [-0.2, -0.15) is 0 Å². The van der Waals surface area contributed by atoms with Gasteiger partial charge in [0, 0.05) is 18.7 Å². The van der Waals surface area contributed by atoms with E-state index in [1.54, 1.807) is 14.2 Å². The van der Waals surface area contributed by atoms with E-state index in [9.17, 15) is 0 Å². The number of hydrogen-bond acceptors (Lipinski definition) is 3. The van der Waals surface area contributed by atoms with Gasteiger partial charge in [0.2, 0.25) is 0 Å². The number of likely N-dealkylation sites (tertiary alicyclic amines) is 1. The summed E-state index contributed by atoms with van der Waals surface area (Å²) < 4.78 is 10.6. The van der Waals surface area contributed by atoms with Crippen molar-refractivity contribution in [1.82, 2.24) is 4.90 Å². The van der Waals surface area contributed by atoms with Gasteiger partial charge in [-0.1, -0.05) is 12.2 Å². The maximum absolute atomic E-state index is 5.58. The normalized spacial score (nSPS) is 14.7. The van der Waals surface area contributed by atoms with Crippen molar-refractivity contribution < 1.29 is 9.47 Å². The average molecular weight is 265 g/mol. The summed E-state index contributed by atoms with van der Waals surface area (Å²) in [7, 11) is 3.30. The van der Waals surface area contributed by atoms with E-state index >= 15 is 0 Å². The van der Waals surface area contributed by atoms with Gasteiger partial charge in [-0.3, -0.25) is 0 Å². The molecule has 1 aromatic carbocycles. The molecule has 2 rings (SSSR count). The molecule has 0 aliphatic carbocycles. The van der Waals surface area contributed by atoms with Crippen LogP contribution in [0, 0.1) is 6.92 Å². The van der Waals surface area contributed by atoms with Gasteiger partial charge in [-0.25, -0.2) is 0 Å². The smallest absolute Gasteiger partial charge is 0.161 e. The van der Waals surface area contributed by atoms with E-state index in [-0.39, 0.29) is 0 Å². The van der Waals surface area contributed by atoms with Crippen molar-refractivity contribution >= 4 is 17.2 Å². The highest BCUT2D eigenvalue weighted by atomic mass is 32.1. The zero-order chi connectivity index (χ0) is 13.1. The lowest BCUT2D eigenvalue weighted by Crippen LogP contribution is -2.27. The van der Waals surface area contributed by atoms with Crippen LogP contribution in [0.25, 0.3) is 0 Å². The number of rotatable bonds is 3. The Labute approximate surface area is 114 Å². The molecule has 4 heteroatoms. The van der Waals surface area contributed by atoms with Crippen LogP contribution >= 0.6 is 12.2 Å². The molecule has 18 heavy (non-hydrogen) atoms. The standard InChI is InChI=1S/C14H19NO2S/c1-10-8-12(16-2)13(17-3)9-11(10)14(18)15-6-4-5-7-15/h8-9H,4-7H2,1-3H3. The second-order valence-corrected chi connectivity index (χ2v) is 4.91. The molecule has 0 N–H and O–H groups in total. The largest absolute Gasteiger partial charge is 0.493 e. The minimum Gasteiger partial charge on any atom is -0.493 e. The topological polar surface area (TPSA) is 21.7 Å². The van der Waals surface area contributed by atoms with Crippen molar-refractivity contribution in [3.05, 3.63) is 23.3 Å². The minimum absolute atomic E-state index is 0.736. The first kappa shape index (κ1) is 13.1. The molecule has 1 aromatic rings. The number of nitrogens with zero attached hydrogens (tertiary/aromatic N) is 1. The molecule has 0 radical (unpaired) electrons. The van der Waals surface area contributed by atoms with Gasteiger partial charge in [0.25, 0.3) is 0 Å². The fraction of sp³-hybridized carbons (Fsp3) is 0.500. The van der Waals surface area contributed by atoms with Crippen LogP contribution in [0.15, 0.2) is 12.1 Å². The molecule has 0 amide bonds. The molecule has 0 spiro atoms. The van der Waals surface area contributed by atoms with Gasteiger partial charge >= 0.3 is 0 Å². The molecule has 98 valence electrons. The fourth-order valence-electron chi connectivity index (χ4n) is 2.30. The zero-order valence-electron chi connectivity index (χ0n) is 11.2. The van der Waals surface area contributed by atoms with E-state index in [1.807, 2.05) is 12.1 Å². The van der Waals surface area contributed by atoms with E-state index in [1.165, 1.54) is 12.8 Å². The highest BCUT2D eigenvalue weighted by Crippen LogP contribution is 2.31. The fourth-order valence-corrected chi connectivity index (χ4v) is 2.70. The first-order valence-electron chi connectivity index (χ1n) is 6.19. The molecule has 1 saturated heterocycles. The second kappa shape index (κ2) is 5.57. The Bertz CT molecular complexity index is 453. The number of methoxy groups -OCH3 is 2. The molecular weight excluding hydrogens is 246 g/mol. The molecule has 0 bridgehead atoms. The van der Waals surface area contributed by atoms with Crippen LogP contribution in [0.3, 0.4) is 0 Å². The second-order valence-electron chi connectivity index (χ2n) is 4.52. The molecule has 0 aromatic heterocycles. The van der Waals surface area contributed by atoms with Gasteiger partial charge in [0.1, 0.15) is 4.99 Å². The summed E-state index contributed by atoms with van der Waals surface area (Å²) in [4.78, 5) is 3.19. The van der Waals surface area contributed by atoms with E-state index in [4.69, 9.17) is 21.7 Å². The zero-order valence-corrected chi connectivity index (χ0v) is 12.0. The molecule has 1 aliphatic rings. The Kier molecular flexibility index (Phi) is 4.07. The van der Waals surface area contributed by atoms with Crippen LogP contribution in [-0.4, -0.2) is 37.2 Å². The highest BCUT2D eigenvalue weighted by molar-refractivity contribution is 7.80. The lowest BCUT2D eigenvalue weighted by Gasteiger charge is -2.21. The van der Waals surface area contributed by atoms with Crippen molar-refractivity contribution in [2.45, 2.75) is 19.8 Å². The third-order valence-electron chi connectivity index (χ3n) is 3.35. The Morgan fingerprint density at radius 2 is 1.67 bits per heavy atom. The summed E-state index contributed by atoms with van der Waals surface area (Å²) in [5, 5.41) is 0. The number of benzene rings is 1. The monoisotopic (exact) mass is 265 g/mol. The lowest BCUT2D eigenvalue weighted by atomic mass is 10.1. The number of aryl methyl sites for hydroxylation is 1. The van der Waals surface area contributed by atoms with E-state index in [0.717, 1.165) is 40.7 Å². The van der Waals surface area contributed by atoms with Gasteiger partial charge in [0.15, 0.2) is 11.5 Å². The van der Waals surface area contributed by atoms with E-state index in [0.29, 0.717) is 0 Å². The number of ether oxygens (including phenoxy) is 2. The van der Waals surface area contributed by atoms with Crippen molar-refractivity contribution in [3.8, 4) is 11.5 Å². The molecule has 1 aliphatic heterocycles. The predicted octanol–water partition coefficient (Wildman–Crippen LogP) is 2.78. The van der Waals surface area contributed by atoms with Crippen molar-refractivity contribution in [2.75, 3.05) is 27.3 Å². The SMILES string of the molecule is COc1cc(C)c(C(=S)N2CCCC2)cc1OC. The van der Waals surface area contributed by atoms with E-state index < -0.39 is 0 Å². The Morgan fingerprint density at radius 1 is 1.11 bits per heavy atom. The molecule has 1 fully saturated rings. The van der Waals surface area contributed by atoms with Crippen LogP contribution in [-0.2, 0) is 0 Å². The predicted molar refractivity (Wildman–Crippen MR) is 76.8 cm³/mol. The van der Waals surface area contributed by atoms with Crippen LogP contribution in [0.4, 0.5) is 0 Å². The average Bonchev–Trinajstić information content (AvgIpc) is 2.91. The van der Waals surface area contributed by atoms with Gasteiger partial charge in [-0.15, -0.1) is 0 Å². The van der Waals surface area contributed by atoms with Crippen LogP contribution < -0.4 is 9.47 Å². The summed E-state index contributed by atoms with van der Waals surface area (Å²) in [5.74, 6) is 1.49. The number of hydrogen-bond donors (Lipinski definition) is 0. The summed E-state index contributed by atoms with van der Waals surface area (Å²) in [5.41, 5.74) is 2.20. The molecule has 0 atom stereocenters. The van der Waals surface area contributed by atoms with Crippen LogP contribution in [0.5, 0.6) is 11.5 Å². The van der Waals surface area contributed by atoms with Gasteiger partial charge in [0.05, 0.1) is 14.2 Å². The maximum atomic E-state index is 5.58. The summed E-state index contributed by atoms with van der Waals surface area (Å²) in [6.07, 6.45) is 2.46. The van der Waals surface area contributed by atoms with E-state index in [2.05, 4.69) is 11.8 Å². The van der Waals surface area contributed by atoms with Crippen LogP contribution in [0.1, 0.15) is 24.0 Å². The van der Waals surface area contributed by atoms with Crippen molar-refractivity contribution in [1.29, 1.82) is 0 Å². The first-order valence-corrected chi connectivity index (χ1v) is 6.60. The third-order valence-corrected chi connectivity index (χ3v) is 3.83. The van der Waals surface area contributed by atoms with Gasteiger partial charge < -0.3 is 14.4 Å². The Balaban J connectivity index is 2.34. The summed E-state index contributed by atoms with van der Waals surface area (Å²) in [6.45, 7) is 4.18.